The molecule has 0 unspecified atom stereocenters. The maximum atomic E-state index is 13.1. The highest BCUT2D eigenvalue weighted by molar-refractivity contribution is 6.05. The Kier molecular flexibility index (Phi) is 5.30. The molecule has 3 heterocycles. The molecule has 0 radical (unpaired) electrons. The van der Waals surface area contributed by atoms with E-state index in [4.69, 9.17) is 10.5 Å². The van der Waals surface area contributed by atoms with Crippen molar-refractivity contribution in [3.63, 3.8) is 0 Å². The zero-order valence-electron chi connectivity index (χ0n) is 16.2. The van der Waals surface area contributed by atoms with Crippen LogP contribution in [0.15, 0.2) is 30.7 Å². The molecular formula is C20H24N6O3. The van der Waals surface area contributed by atoms with E-state index in [0.29, 0.717) is 29.1 Å². The largest absolute Gasteiger partial charge is 0.481 e. The van der Waals surface area contributed by atoms with E-state index in [-0.39, 0.29) is 23.9 Å². The summed E-state index contributed by atoms with van der Waals surface area (Å²) in [5.41, 5.74) is 8.46. The number of hydrogen-bond acceptors (Lipinski definition) is 7. The third-order valence-electron chi connectivity index (χ3n) is 5.34. The molecule has 1 aliphatic rings. The van der Waals surface area contributed by atoms with Gasteiger partial charge in [-0.05, 0) is 44.2 Å². The number of aliphatic hydroxyl groups is 1. The third-order valence-corrected chi connectivity index (χ3v) is 5.34. The summed E-state index contributed by atoms with van der Waals surface area (Å²) in [7, 11) is 1.55. The molecule has 3 aromatic rings. The van der Waals surface area contributed by atoms with Gasteiger partial charge >= 0.3 is 0 Å². The Balaban J connectivity index is 1.71. The van der Waals surface area contributed by atoms with E-state index in [0.717, 1.165) is 31.2 Å². The fraction of sp³-hybridized carbons (Fsp3) is 0.400. The summed E-state index contributed by atoms with van der Waals surface area (Å²) >= 11 is 0. The van der Waals surface area contributed by atoms with Crippen LogP contribution in [0.25, 0.3) is 16.8 Å². The zero-order chi connectivity index (χ0) is 20.4. The molecule has 1 aliphatic carbocycles. The van der Waals surface area contributed by atoms with Crippen LogP contribution in [-0.2, 0) is 0 Å². The van der Waals surface area contributed by atoms with Crippen LogP contribution in [0.5, 0.6) is 5.88 Å². The molecule has 0 aliphatic heterocycles. The van der Waals surface area contributed by atoms with Crippen LogP contribution >= 0.6 is 0 Å². The SMILES string of the molecule is COc1cc(-c2cc(C(=O)N[C@H]3CCC[C@@H](O)CC3)c3c(N)ncnn23)ccn1. The fourth-order valence-corrected chi connectivity index (χ4v) is 3.82. The summed E-state index contributed by atoms with van der Waals surface area (Å²) in [6.07, 6.45) is 6.65. The van der Waals surface area contributed by atoms with Gasteiger partial charge in [-0.25, -0.2) is 14.5 Å². The van der Waals surface area contributed by atoms with Gasteiger partial charge in [-0.1, -0.05) is 0 Å². The number of nitrogens with zero attached hydrogens (tertiary/aromatic N) is 4. The quantitative estimate of drug-likeness (QED) is 0.574. The lowest BCUT2D eigenvalue weighted by Gasteiger charge is -2.16. The highest BCUT2D eigenvalue weighted by Gasteiger charge is 2.24. The number of carbonyl (C=O) groups excluding carboxylic acids is 1. The molecule has 9 nitrogen and oxygen atoms in total. The molecule has 4 N–H and O–H groups in total. The number of rotatable bonds is 4. The van der Waals surface area contributed by atoms with Crippen molar-refractivity contribution in [2.45, 2.75) is 44.2 Å². The number of anilines is 1. The molecule has 0 bridgehead atoms. The first-order chi connectivity index (χ1) is 14.1. The van der Waals surface area contributed by atoms with Crippen LogP contribution in [-0.4, -0.2) is 49.9 Å². The van der Waals surface area contributed by atoms with Crippen molar-refractivity contribution in [2.75, 3.05) is 12.8 Å². The maximum absolute atomic E-state index is 13.1. The number of aliphatic hydroxyl groups excluding tert-OH is 1. The summed E-state index contributed by atoms with van der Waals surface area (Å²) < 4.78 is 6.82. The number of carbonyl (C=O) groups is 1. The number of fused-ring (bicyclic) bond motifs is 1. The number of hydrogen-bond donors (Lipinski definition) is 3. The number of methoxy groups -OCH3 is 1. The summed E-state index contributed by atoms with van der Waals surface area (Å²) in [5, 5.41) is 17.2. The van der Waals surface area contributed by atoms with Crippen molar-refractivity contribution in [1.82, 2.24) is 24.9 Å². The van der Waals surface area contributed by atoms with E-state index in [2.05, 4.69) is 20.4 Å². The minimum absolute atomic E-state index is 0.0184. The molecule has 9 heteroatoms. The van der Waals surface area contributed by atoms with Gasteiger partial charge in [0, 0.05) is 23.9 Å². The number of nitrogens with two attached hydrogens (primary N) is 1. The van der Waals surface area contributed by atoms with Crippen LogP contribution in [0.3, 0.4) is 0 Å². The van der Waals surface area contributed by atoms with Gasteiger partial charge in [-0.3, -0.25) is 4.79 Å². The fourth-order valence-electron chi connectivity index (χ4n) is 3.82. The van der Waals surface area contributed by atoms with Crippen molar-refractivity contribution < 1.29 is 14.6 Å². The van der Waals surface area contributed by atoms with Crippen molar-refractivity contribution in [3.8, 4) is 17.1 Å². The molecule has 1 fully saturated rings. The van der Waals surface area contributed by atoms with Crippen molar-refractivity contribution in [1.29, 1.82) is 0 Å². The van der Waals surface area contributed by atoms with Gasteiger partial charge in [0.15, 0.2) is 5.82 Å². The Hall–Kier alpha value is -3.20. The average Bonchev–Trinajstić information content (AvgIpc) is 3.01. The molecule has 2 atom stereocenters. The molecule has 1 amide bonds. The van der Waals surface area contributed by atoms with Crippen molar-refractivity contribution in [2.24, 2.45) is 0 Å². The van der Waals surface area contributed by atoms with Gasteiger partial charge in [0.2, 0.25) is 5.88 Å². The van der Waals surface area contributed by atoms with E-state index >= 15 is 0 Å². The lowest BCUT2D eigenvalue weighted by Crippen LogP contribution is -2.34. The predicted octanol–water partition coefficient (Wildman–Crippen LogP) is 1.81. The first-order valence-electron chi connectivity index (χ1n) is 9.68. The van der Waals surface area contributed by atoms with Crippen LogP contribution in [0.1, 0.15) is 42.5 Å². The standard InChI is InChI=1S/C20H24N6O3/c1-29-17-9-12(7-8-22-17)16-10-15(18-19(21)23-11-24-26(16)18)20(28)25-13-3-2-4-14(27)6-5-13/h7-11,13-14,27H,2-6H2,1H3,(H,25,28)(H2,21,23,24)/t13-,14+/m0/s1. The lowest BCUT2D eigenvalue weighted by molar-refractivity contribution is 0.0932. The van der Waals surface area contributed by atoms with E-state index in [1.165, 1.54) is 6.33 Å². The summed E-state index contributed by atoms with van der Waals surface area (Å²) in [5.74, 6) is 0.467. The molecule has 152 valence electrons. The Labute approximate surface area is 167 Å². The number of amides is 1. The van der Waals surface area contributed by atoms with Gasteiger partial charge in [-0.15, -0.1) is 0 Å². The maximum Gasteiger partial charge on any atom is 0.253 e. The molecule has 4 rings (SSSR count). The molecular weight excluding hydrogens is 372 g/mol. The van der Waals surface area contributed by atoms with Gasteiger partial charge in [0.05, 0.1) is 24.5 Å². The van der Waals surface area contributed by atoms with E-state index in [1.807, 2.05) is 6.07 Å². The zero-order valence-corrected chi connectivity index (χ0v) is 16.2. The first kappa shape index (κ1) is 19.1. The lowest BCUT2D eigenvalue weighted by atomic mass is 10.1. The van der Waals surface area contributed by atoms with Crippen LogP contribution in [0.2, 0.25) is 0 Å². The molecule has 29 heavy (non-hydrogen) atoms. The van der Waals surface area contributed by atoms with Crippen LogP contribution < -0.4 is 15.8 Å². The molecule has 0 saturated heterocycles. The first-order valence-corrected chi connectivity index (χ1v) is 9.68. The summed E-state index contributed by atoms with van der Waals surface area (Å²) in [6.45, 7) is 0. The van der Waals surface area contributed by atoms with Gasteiger partial charge in [-0.2, -0.15) is 5.10 Å². The Morgan fingerprint density at radius 1 is 1.28 bits per heavy atom. The van der Waals surface area contributed by atoms with E-state index < -0.39 is 0 Å². The highest BCUT2D eigenvalue weighted by Crippen LogP contribution is 2.29. The monoisotopic (exact) mass is 396 g/mol. The van der Waals surface area contributed by atoms with E-state index in [9.17, 15) is 9.90 Å². The smallest absolute Gasteiger partial charge is 0.253 e. The second kappa shape index (κ2) is 8.04. The van der Waals surface area contributed by atoms with Gasteiger partial charge in [0.25, 0.3) is 5.91 Å². The predicted molar refractivity (Wildman–Crippen MR) is 108 cm³/mol. The molecule has 0 spiro atoms. The number of aromatic nitrogens is 4. The Bertz CT molecular complexity index is 1030. The van der Waals surface area contributed by atoms with Gasteiger partial charge < -0.3 is 20.9 Å². The third kappa shape index (κ3) is 3.86. The number of pyridine rings is 1. The van der Waals surface area contributed by atoms with Crippen LogP contribution in [0, 0.1) is 0 Å². The average molecular weight is 396 g/mol. The van der Waals surface area contributed by atoms with E-state index in [1.54, 1.807) is 30.0 Å². The topological polar surface area (TPSA) is 128 Å². The molecule has 3 aromatic heterocycles. The van der Waals surface area contributed by atoms with Crippen LogP contribution in [0.4, 0.5) is 5.82 Å². The van der Waals surface area contributed by atoms with Gasteiger partial charge in [0.1, 0.15) is 11.8 Å². The molecule has 1 saturated carbocycles. The number of nitrogens with one attached hydrogen (secondary N) is 1. The normalized spacial score (nSPS) is 19.7. The minimum Gasteiger partial charge on any atom is -0.481 e. The summed E-state index contributed by atoms with van der Waals surface area (Å²) in [6, 6.07) is 5.37. The number of nitrogen functional groups attached to an aromatic ring is 1. The minimum atomic E-state index is -0.287. The molecule has 0 aromatic carbocycles. The Morgan fingerprint density at radius 3 is 2.97 bits per heavy atom. The number of ether oxygens (including phenoxy) is 1. The second-order valence-corrected chi connectivity index (χ2v) is 7.27. The second-order valence-electron chi connectivity index (χ2n) is 7.27. The highest BCUT2D eigenvalue weighted by atomic mass is 16.5. The van der Waals surface area contributed by atoms with Crippen molar-refractivity contribution >= 4 is 17.2 Å². The summed E-state index contributed by atoms with van der Waals surface area (Å²) in [4.78, 5) is 21.3. The Morgan fingerprint density at radius 2 is 2.14 bits per heavy atom. The van der Waals surface area contributed by atoms with Crippen molar-refractivity contribution in [3.05, 3.63) is 36.3 Å².